The molecule has 0 aliphatic heterocycles. The van der Waals surface area contributed by atoms with Gasteiger partial charge in [-0.2, -0.15) is 0 Å². The first kappa shape index (κ1) is 12.6. The number of aliphatic hydroxyl groups is 1. The molecule has 0 saturated heterocycles. The van der Waals surface area contributed by atoms with Gasteiger partial charge in [0.25, 0.3) is 0 Å². The number of hydrogen-bond donors (Lipinski definition) is 1. The molecule has 17 heavy (non-hydrogen) atoms. The van der Waals surface area contributed by atoms with Crippen LogP contribution in [0.25, 0.3) is 0 Å². The molecule has 1 aromatic rings. The van der Waals surface area contributed by atoms with Crippen LogP contribution in [0.3, 0.4) is 0 Å². The molecule has 0 aromatic heterocycles. The minimum absolute atomic E-state index is 0.106. The molecule has 1 fully saturated rings. The predicted octanol–water partition coefficient (Wildman–Crippen LogP) is 3.70. The zero-order valence-electron chi connectivity index (χ0n) is 10.5. The Morgan fingerprint density at radius 1 is 1.24 bits per heavy atom. The lowest BCUT2D eigenvalue weighted by atomic mass is 9.76. The molecule has 1 aromatic carbocycles. The summed E-state index contributed by atoms with van der Waals surface area (Å²) >= 11 is 0. The molecule has 1 N–H and O–H groups in total. The van der Waals surface area contributed by atoms with Gasteiger partial charge in [0.1, 0.15) is 5.82 Å². The monoisotopic (exact) mass is 236 g/mol. The molecule has 1 aliphatic carbocycles. The van der Waals surface area contributed by atoms with Gasteiger partial charge in [0.15, 0.2) is 0 Å². The Morgan fingerprint density at radius 3 is 2.35 bits per heavy atom. The molecule has 0 bridgehead atoms. The Labute approximate surface area is 103 Å². The third-order valence-electron chi connectivity index (χ3n) is 4.35. The minimum Gasteiger partial charge on any atom is -0.392 e. The van der Waals surface area contributed by atoms with Gasteiger partial charge >= 0.3 is 0 Å². The van der Waals surface area contributed by atoms with Crippen molar-refractivity contribution in [3.63, 3.8) is 0 Å². The Kier molecular flexibility index (Phi) is 3.82. The molecule has 0 radical (unpaired) electrons. The summed E-state index contributed by atoms with van der Waals surface area (Å²) in [6, 6.07) is 6.48. The van der Waals surface area contributed by atoms with Gasteiger partial charge in [-0.15, -0.1) is 0 Å². The first-order chi connectivity index (χ1) is 8.16. The van der Waals surface area contributed by atoms with Crippen LogP contribution in [0, 0.1) is 11.2 Å². The average Bonchev–Trinajstić information content (AvgIpc) is 2.82. The fraction of sp³-hybridized carbons (Fsp3) is 0.600. The molecule has 0 heterocycles. The molecule has 94 valence electrons. The molecule has 2 rings (SSSR count). The van der Waals surface area contributed by atoms with Crippen LogP contribution in [-0.2, 0) is 6.42 Å². The summed E-state index contributed by atoms with van der Waals surface area (Å²) in [6.07, 6.45) is 6.12. The second-order valence-corrected chi connectivity index (χ2v) is 5.27. The van der Waals surface area contributed by atoms with Crippen LogP contribution in [0.1, 0.15) is 44.6 Å². The van der Waals surface area contributed by atoms with E-state index >= 15 is 0 Å². The summed E-state index contributed by atoms with van der Waals surface area (Å²) in [7, 11) is 0. The van der Waals surface area contributed by atoms with Crippen molar-refractivity contribution in [2.45, 2.75) is 51.6 Å². The number of benzene rings is 1. The lowest BCUT2D eigenvalue weighted by Gasteiger charge is -2.33. The van der Waals surface area contributed by atoms with Crippen LogP contribution >= 0.6 is 0 Å². The molecular formula is C15H21FO. The highest BCUT2D eigenvalue weighted by atomic mass is 19.1. The Hall–Kier alpha value is -0.890. The molecule has 2 heteroatoms. The van der Waals surface area contributed by atoms with E-state index < -0.39 is 0 Å². The van der Waals surface area contributed by atoms with Crippen LogP contribution < -0.4 is 0 Å². The zero-order valence-corrected chi connectivity index (χ0v) is 10.5. The van der Waals surface area contributed by atoms with E-state index in [0.29, 0.717) is 6.42 Å². The number of halogens is 1. The van der Waals surface area contributed by atoms with E-state index in [2.05, 4.69) is 6.92 Å². The van der Waals surface area contributed by atoms with Crippen LogP contribution in [0.15, 0.2) is 24.3 Å². The molecule has 0 amide bonds. The summed E-state index contributed by atoms with van der Waals surface area (Å²) in [6.45, 7) is 2.17. The Balaban J connectivity index is 2.05. The van der Waals surface area contributed by atoms with Gasteiger partial charge in [-0.25, -0.2) is 4.39 Å². The highest BCUT2D eigenvalue weighted by Gasteiger charge is 2.38. The number of aliphatic hydroxyl groups excluding tert-OH is 1. The maximum atomic E-state index is 12.8. The summed E-state index contributed by atoms with van der Waals surface area (Å²) < 4.78 is 12.8. The van der Waals surface area contributed by atoms with Crippen molar-refractivity contribution < 1.29 is 9.50 Å². The van der Waals surface area contributed by atoms with Gasteiger partial charge in [-0.05, 0) is 48.8 Å². The SMILES string of the molecule is CCC1(C(O)Cc2ccc(F)cc2)CCCC1. The first-order valence-corrected chi connectivity index (χ1v) is 6.59. The van der Waals surface area contributed by atoms with E-state index in [1.807, 2.05) is 0 Å². The third-order valence-corrected chi connectivity index (χ3v) is 4.35. The third kappa shape index (κ3) is 2.68. The van der Waals surface area contributed by atoms with E-state index in [-0.39, 0.29) is 17.3 Å². The lowest BCUT2D eigenvalue weighted by molar-refractivity contribution is 0.0257. The topological polar surface area (TPSA) is 20.2 Å². The van der Waals surface area contributed by atoms with E-state index in [4.69, 9.17) is 0 Å². The van der Waals surface area contributed by atoms with Gasteiger partial charge in [0.05, 0.1) is 6.10 Å². The maximum absolute atomic E-state index is 12.8. The van der Waals surface area contributed by atoms with Crippen LogP contribution in [0.4, 0.5) is 4.39 Å². The van der Waals surface area contributed by atoms with Crippen LogP contribution in [0.5, 0.6) is 0 Å². The highest BCUT2D eigenvalue weighted by molar-refractivity contribution is 5.17. The normalized spacial score (nSPS) is 20.4. The van der Waals surface area contributed by atoms with Gasteiger partial charge < -0.3 is 5.11 Å². The zero-order chi connectivity index (χ0) is 12.3. The second-order valence-electron chi connectivity index (χ2n) is 5.27. The minimum atomic E-state index is -0.291. The number of hydrogen-bond acceptors (Lipinski definition) is 1. The largest absolute Gasteiger partial charge is 0.392 e. The van der Waals surface area contributed by atoms with E-state index in [0.717, 1.165) is 24.8 Å². The molecule has 1 nitrogen and oxygen atoms in total. The van der Waals surface area contributed by atoms with E-state index in [1.165, 1.54) is 25.0 Å². The summed E-state index contributed by atoms with van der Waals surface area (Å²) in [4.78, 5) is 0. The fourth-order valence-electron chi connectivity index (χ4n) is 3.06. The standard InChI is InChI=1S/C15H21FO/c1-2-15(9-3-4-10-15)14(17)11-12-5-7-13(16)8-6-12/h5-8,14,17H,2-4,9-11H2,1H3. The van der Waals surface area contributed by atoms with Gasteiger partial charge in [-0.3, -0.25) is 0 Å². The Bertz CT molecular complexity index is 352. The summed E-state index contributed by atoms with van der Waals surface area (Å²) in [5, 5.41) is 10.4. The summed E-state index contributed by atoms with van der Waals surface area (Å²) in [5.41, 5.74) is 1.13. The van der Waals surface area contributed by atoms with Gasteiger partial charge in [0.2, 0.25) is 0 Å². The number of rotatable bonds is 4. The molecular weight excluding hydrogens is 215 g/mol. The molecule has 1 aliphatic rings. The van der Waals surface area contributed by atoms with Crippen molar-refractivity contribution in [1.82, 2.24) is 0 Å². The van der Waals surface area contributed by atoms with Crippen molar-refractivity contribution in [3.05, 3.63) is 35.6 Å². The summed E-state index contributed by atoms with van der Waals surface area (Å²) in [5.74, 6) is -0.214. The van der Waals surface area contributed by atoms with Crippen molar-refractivity contribution in [3.8, 4) is 0 Å². The van der Waals surface area contributed by atoms with Gasteiger partial charge in [-0.1, -0.05) is 31.9 Å². The Morgan fingerprint density at radius 2 is 1.82 bits per heavy atom. The van der Waals surface area contributed by atoms with Crippen LogP contribution in [0.2, 0.25) is 0 Å². The average molecular weight is 236 g/mol. The predicted molar refractivity (Wildman–Crippen MR) is 67.3 cm³/mol. The van der Waals surface area contributed by atoms with Gasteiger partial charge in [0, 0.05) is 0 Å². The molecule has 1 unspecified atom stereocenters. The quantitative estimate of drug-likeness (QED) is 0.845. The van der Waals surface area contributed by atoms with Crippen molar-refractivity contribution in [1.29, 1.82) is 0 Å². The second kappa shape index (κ2) is 5.18. The van der Waals surface area contributed by atoms with E-state index in [9.17, 15) is 9.50 Å². The molecule has 1 saturated carbocycles. The molecule has 1 atom stereocenters. The highest BCUT2D eigenvalue weighted by Crippen LogP contribution is 2.44. The smallest absolute Gasteiger partial charge is 0.123 e. The van der Waals surface area contributed by atoms with Crippen molar-refractivity contribution >= 4 is 0 Å². The van der Waals surface area contributed by atoms with Crippen molar-refractivity contribution in [2.75, 3.05) is 0 Å². The maximum Gasteiger partial charge on any atom is 0.123 e. The molecule has 0 spiro atoms. The fourth-order valence-corrected chi connectivity index (χ4v) is 3.06. The van der Waals surface area contributed by atoms with Crippen LogP contribution in [-0.4, -0.2) is 11.2 Å². The van der Waals surface area contributed by atoms with Crippen molar-refractivity contribution in [2.24, 2.45) is 5.41 Å². The lowest BCUT2D eigenvalue weighted by Crippen LogP contribution is -2.33. The first-order valence-electron chi connectivity index (χ1n) is 6.59. The van der Waals surface area contributed by atoms with E-state index in [1.54, 1.807) is 12.1 Å².